The molecule has 13 aromatic carbocycles. The van der Waals surface area contributed by atoms with Crippen molar-refractivity contribution in [3.8, 4) is 91.3 Å². The number of hydrogen-bond acceptors (Lipinski definition) is 8. The van der Waals surface area contributed by atoms with Gasteiger partial charge in [0.25, 0.3) is 0 Å². The first-order valence-electron chi connectivity index (χ1n) is 33.7. The summed E-state index contributed by atoms with van der Waals surface area (Å²) >= 11 is 0. The zero-order chi connectivity index (χ0) is 65.3. The van der Waals surface area contributed by atoms with E-state index in [4.69, 9.17) is 38.2 Å². The molecule has 0 amide bonds. The molecule has 0 N–H and O–H groups in total. The molecule has 0 bridgehead atoms. The third-order valence-corrected chi connectivity index (χ3v) is 21.2. The average Bonchev–Trinajstić information content (AvgIpc) is 1.52. The third kappa shape index (κ3) is 7.06. The largest absolute Gasteiger partial charge is 0.456 e. The Labute approximate surface area is 567 Å². The average molecular weight is 1280 g/mol. The highest BCUT2D eigenvalue weighted by atomic mass is 16.5. The van der Waals surface area contributed by atoms with Gasteiger partial charge in [0.2, 0.25) is 11.9 Å². The molecule has 0 radical (unpaired) electrons. The molecule has 0 aliphatic carbocycles. The predicted octanol–water partition coefficient (Wildman–Crippen LogP) is 23.0. The van der Waals surface area contributed by atoms with Gasteiger partial charge in [-0.05, 0) is 152 Å². The molecule has 12 heteroatoms. The molecule has 0 spiro atoms. The van der Waals surface area contributed by atoms with Crippen LogP contribution in [-0.4, -0.2) is 38.2 Å². The molecule has 12 nitrogen and oxygen atoms in total. The van der Waals surface area contributed by atoms with E-state index >= 15 is 0 Å². The quantitative estimate of drug-likeness (QED) is 0.162. The monoisotopic (exact) mass is 1280 g/mol. The molecule has 23 rings (SSSR count). The Hall–Kier alpha value is -13.6. The van der Waals surface area contributed by atoms with Crippen molar-refractivity contribution in [2.75, 3.05) is 0 Å². The second-order valence-electron chi connectivity index (χ2n) is 26.4. The Morgan fingerprint density at radius 2 is 0.830 bits per heavy atom. The number of fused-ring (bicyclic) bond motifs is 21. The second kappa shape index (κ2) is 19.6. The van der Waals surface area contributed by atoms with Crippen molar-refractivity contribution >= 4 is 131 Å². The standard InChI is InChI=1S/C88H50N8O4/c1-47-52-39-38-49(46-67(52)94(51-22-7-4-8-23-51)82(47)83-48(2)74-64(42-40-55-54-24-10-14-33-68(54)99-86(55)74)95(83)87-89-61-30-18-36-71-78(61)80(91-87)57-26-11-15-34-69(57)97-71)53-28-17-29-60-77-73(100-85(53)60)45-44-65-75(77)59-41-43-66-76(56-25-9-13-32-63(56)93(66)50-20-5-3-6-21-50)84(59)96(65)88-90-62-31-19-37-72-79(62)81(92-88)58-27-12-16-35-70(58)98-72/h3-46H,1-2H3. The molecule has 0 fully saturated rings. The molecule has 8 aromatic heterocycles. The lowest BCUT2D eigenvalue weighted by Crippen LogP contribution is -2.09. The zero-order valence-electron chi connectivity index (χ0n) is 53.6. The van der Waals surface area contributed by atoms with Gasteiger partial charge in [0, 0.05) is 81.9 Å². The molecule has 0 saturated carbocycles. The van der Waals surface area contributed by atoms with Crippen molar-refractivity contribution < 1.29 is 18.3 Å². The Morgan fingerprint density at radius 3 is 1.56 bits per heavy atom. The molecule has 466 valence electrons. The van der Waals surface area contributed by atoms with Gasteiger partial charge in [-0.25, -0.2) is 19.9 Å². The van der Waals surface area contributed by atoms with E-state index in [9.17, 15) is 0 Å². The maximum absolute atomic E-state index is 7.36. The number of hydrogen-bond donors (Lipinski definition) is 0. The Kier molecular flexibility index (Phi) is 10.5. The first-order valence-corrected chi connectivity index (χ1v) is 33.7. The molecule has 21 aromatic rings. The summed E-state index contributed by atoms with van der Waals surface area (Å²) in [6, 6.07) is 93.6. The van der Waals surface area contributed by atoms with Crippen LogP contribution in [0.3, 0.4) is 0 Å². The number of aryl methyl sites for hydroxylation is 2. The van der Waals surface area contributed by atoms with Crippen molar-refractivity contribution in [1.82, 2.24) is 38.2 Å². The van der Waals surface area contributed by atoms with Gasteiger partial charge in [0.05, 0.1) is 77.7 Å². The topological polar surface area (TPSA) is 116 Å². The molecular formula is C88H50N8O4. The van der Waals surface area contributed by atoms with Crippen LogP contribution in [0.2, 0.25) is 0 Å². The molecule has 0 unspecified atom stereocenters. The van der Waals surface area contributed by atoms with Crippen molar-refractivity contribution in [3.63, 3.8) is 0 Å². The van der Waals surface area contributed by atoms with Crippen molar-refractivity contribution in [1.29, 1.82) is 0 Å². The number of furan rings is 2. The Balaban J connectivity index is 0.783. The van der Waals surface area contributed by atoms with E-state index in [1.165, 1.54) is 0 Å². The summed E-state index contributed by atoms with van der Waals surface area (Å²) in [5.41, 5.74) is 22.5. The van der Waals surface area contributed by atoms with Gasteiger partial charge >= 0.3 is 0 Å². The van der Waals surface area contributed by atoms with E-state index in [1.54, 1.807) is 0 Å². The van der Waals surface area contributed by atoms with Gasteiger partial charge in [-0.1, -0.05) is 146 Å². The van der Waals surface area contributed by atoms with Gasteiger partial charge in [-0.3, -0.25) is 9.13 Å². The number of benzene rings is 13. The van der Waals surface area contributed by atoms with Gasteiger partial charge < -0.3 is 27.4 Å². The second-order valence-corrected chi connectivity index (χ2v) is 26.4. The van der Waals surface area contributed by atoms with Gasteiger partial charge in [-0.15, -0.1) is 0 Å². The highest BCUT2D eigenvalue weighted by Crippen LogP contribution is 2.53. The van der Waals surface area contributed by atoms with Crippen molar-refractivity contribution in [2.45, 2.75) is 13.8 Å². The number of aromatic nitrogens is 8. The lowest BCUT2D eigenvalue weighted by molar-refractivity contribution is 0.486. The first kappa shape index (κ1) is 53.6. The summed E-state index contributed by atoms with van der Waals surface area (Å²) in [5.74, 6) is 4.08. The smallest absolute Gasteiger partial charge is 0.235 e. The minimum Gasteiger partial charge on any atom is -0.456 e. The fourth-order valence-electron chi connectivity index (χ4n) is 17.0. The van der Waals surface area contributed by atoms with Crippen molar-refractivity contribution in [2.24, 2.45) is 0 Å². The maximum atomic E-state index is 7.36. The molecule has 100 heavy (non-hydrogen) atoms. The summed E-state index contributed by atoms with van der Waals surface area (Å²) in [4.78, 5) is 22.3. The van der Waals surface area contributed by atoms with E-state index in [0.717, 1.165) is 222 Å². The van der Waals surface area contributed by atoms with Crippen LogP contribution in [-0.2, 0) is 0 Å². The third-order valence-electron chi connectivity index (χ3n) is 21.2. The molecule has 0 atom stereocenters. The summed E-state index contributed by atoms with van der Waals surface area (Å²) in [7, 11) is 0. The number of nitrogens with zero attached hydrogens (tertiary/aromatic N) is 8. The van der Waals surface area contributed by atoms with Crippen LogP contribution in [0.15, 0.2) is 276 Å². The fourth-order valence-corrected chi connectivity index (χ4v) is 17.0. The van der Waals surface area contributed by atoms with E-state index in [2.05, 4.69) is 232 Å². The molecule has 2 aliphatic heterocycles. The minimum absolute atomic E-state index is 0.538. The Morgan fingerprint density at radius 1 is 0.290 bits per heavy atom. The van der Waals surface area contributed by atoms with E-state index in [-0.39, 0.29) is 0 Å². The van der Waals surface area contributed by atoms with Crippen LogP contribution in [0.5, 0.6) is 23.0 Å². The molecule has 0 saturated heterocycles. The van der Waals surface area contributed by atoms with Crippen LogP contribution < -0.4 is 9.47 Å². The lowest BCUT2D eigenvalue weighted by atomic mass is 9.99. The van der Waals surface area contributed by atoms with Gasteiger partial charge in [-0.2, -0.15) is 0 Å². The van der Waals surface area contributed by atoms with Crippen LogP contribution >= 0.6 is 0 Å². The van der Waals surface area contributed by atoms with E-state index in [0.29, 0.717) is 11.9 Å². The van der Waals surface area contributed by atoms with Crippen LogP contribution in [0.1, 0.15) is 11.1 Å². The van der Waals surface area contributed by atoms with E-state index in [1.807, 2.05) is 66.7 Å². The van der Waals surface area contributed by atoms with Gasteiger partial charge in [0.15, 0.2) is 0 Å². The highest BCUT2D eigenvalue weighted by molar-refractivity contribution is 6.33. The normalized spacial score (nSPS) is 12.7. The van der Waals surface area contributed by atoms with Crippen molar-refractivity contribution in [3.05, 3.63) is 278 Å². The summed E-state index contributed by atoms with van der Waals surface area (Å²) in [5, 5.41) is 12.3. The molecule has 10 heterocycles. The number of rotatable bonds is 6. The van der Waals surface area contributed by atoms with Crippen LogP contribution in [0.4, 0.5) is 0 Å². The summed E-state index contributed by atoms with van der Waals surface area (Å²) in [6.07, 6.45) is 0. The first-order chi connectivity index (χ1) is 49.5. The van der Waals surface area contributed by atoms with Crippen LogP contribution in [0, 0.1) is 13.8 Å². The lowest BCUT2D eigenvalue weighted by Gasteiger charge is -2.21. The Bertz CT molecular complexity index is 7250. The predicted molar refractivity (Wildman–Crippen MR) is 401 cm³/mol. The van der Waals surface area contributed by atoms with Gasteiger partial charge in [0.1, 0.15) is 45.3 Å². The summed E-state index contributed by atoms with van der Waals surface area (Å²) in [6.45, 7) is 4.47. The number of para-hydroxylation sites is 7. The summed E-state index contributed by atoms with van der Waals surface area (Å²) < 4.78 is 36.8. The highest BCUT2D eigenvalue weighted by Gasteiger charge is 2.33. The molecular weight excluding hydrogens is 1230 g/mol. The van der Waals surface area contributed by atoms with E-state index < -0.39 is 0 Å². The zero-order valence-corrected chi connectivity index (χ0v) is 53.6. The minimum atomic E-state index is 0.538. The SMILES string of the molecule is Cc1c(-c2c(C)c3c4oc5ccccc5c4ccc3n2-c2nc3c4c(cccc4n2)Oc2ccccc2-3)n(-c2ccccc2)c2cc(-c3cccc4c3oc3ccc5c(c6ccc7c(c8ccccc8n7-c7ccccc7)c6n5-c5nc6c7c(cccc7n5)Oc5ccccc5-6)c34)ccc12. The van der Waals surface area contributed by atoms with Crippen LogP contribution in [0.25, 0.3) is 199 Å². The fraction of sp³-hybridized carbons (Fsp3) is 0.0227. The number of ether oxygens (including phenoxy) is 2. The maximum Gasteiger partial charge on any atom is 0.235 e. The molecule has 2 aliphatic rings.